The first kappa shape index (κ1) is 30.6. The highest BCUT2D eigenvalue weighted by atomic mass is 32.2. The molecular weight excluding hydrogens is 588 g/mol. The highest BCUT2D eigenvalue weighted by Gasteiger charge is 2.81. The van der Waals surface area contributed by atoms with Gasteiger partial charge in [0, 0.05) is 20.3 Å². The van der Waals surface area contributed by atoms with Crippen LogP contribution >= 0.6 is 11.3 Å². The van der Waals surface area contributed by atoms with Crippen LogP contribution in [0.15, 0.2) is 23.2 Å². The molecule has 5 rings (SSSR count). The van der Waals surface area contributed by atoms with E-state index in [1.807, 2.05) is 6.92 Å². The van der Waals surface area contributed by atoms with E-state index >= 15 is 0 Å². The van der Waals surface area contributed by atoms with Gasteiger partial charge in [-0.05, 0) is 46.0 Å². The van der Waals surface area contributed by atoms with Crippen molar-refractivity contribution in [3.8, 4) is 0 Å². The van der Waals surface area contributed by atoms with Crippen LogP contribution in [0.1, 0.15) is 64.2 Å². The number of aliphatic carboxylic acids is 1. The molecule has 0 radical (unpaired) electrons. The zero-order valence-corrected chi connectivity index (χ0v) is 25.9. The number of hydrogen-bond donors (Lipinski definition) is 2. The Balaban J connectivity index is 1.71. The maximum absolute atomic E-state index is 13.8. The molecule has 230 valence electrons. The Morgan fingerprint density at radius 3 is 2.52 bits per heavy atom. The van der Waals surface area contributed by atoms with Gasteiger partial charge in [0.2, 0.25) is 10.7 Å². The van der Waals surface area contributed by atoms with Gasteiger partial charge in [0.15, 0.2) is 17.6 Å². The fourth-order valence-corrected chi connectivity index (χ4v) is 9.43. The summed E-state index contributed by atoms with van der Waals surface area (Å²) in [6.07, 6.45) is 5.07. The summed E-state index contributed by atoms with van der Waals surface area (Å²) in [6.45, 7) is 4.95. The Hall–Kier alpha value is -2.85. The van der Waals surface area contributed by atoms with Crippen LogP contribution in [0, 0.1) is 5.92 Å². The van der Waals surface area contributed by atoms with Gasteiger partial charge in [-0.1, -0.05) is 13.3 Å². The van der Waals surface area contributed by atoms with E-state index in [1.165, 1.54) is 37.9 Å². The zero-order chi connectivity index (χ0) is 30.8. The van der Waals surface area contributed by atoms with Crippen LogP contribution < -0.4 is 0 Å². The quantitative estimate of drug-likeness (QED) is 0.241. The molecule has 1 saturated carbocycles. The summed E-state index contributed by atoms with van der Waals surface area (Å²) in [7, 11) is -1.18. The molecular formula is C27H37N4O9S2+. The van der Waals surface area contributed by atoms with Crippen molar-refractivity contribution >= 4 is 49.8 Å². The van der Waals surface area contributed by atoms with Gasteiger partial charge in [0.25, 0.3) is 10.0 Å². The number of fused-ring (bicyclic) bond motifs is 2. The van der Waals surface area contributed by atoms with Gasteiger partial charge >= 0.3 is 18.0 Å². The van der Waals surface area contributed by atoms with Crippen molar-refractivity contribution in [3.05, 3.63) is 23.1 Å². The molecule has 2 aliphatic heterocycles. The SMILES string of the molecule is CCC[N@@+]12C(=O)[C@H](C(C)O)[C@@H]1[C@@](C)(OC(=O)OC1CCCCC1)C(c1cn3cnc(S(=O)(=O)N(C)C)c3s1)=C2C(=O)O. The van der Waals surface area contributed by atoms with Crippen LogP contribution in [0.4, 0.5) is 4.79 Å². The summed E-state index contributed by atoms with van der Waals surface area (Å²) in [6, 6.07) is -0.936. The highest BCUT2D eigenvalue weighted by Crippen LogP contribution is 2.60. The number of nitrogens with zero attached hydrogens (tertiary/aromatic N) is 4. The summed E-state index contributed by atoms with van der Waals surface area (Å²) >= 11 is 0.975. The Bertz CT molecular complexity index is 1570. The molecule has 15 heteroatoms. The maximum Gasteiger partial charge on any atom is 0.509 e. The fraction of sp³-hybridized carbons (Fsp3) is 0.630. The number of hydrogen-bond acceptors (Lipinski definition) is 10. The summed E-state index contributed by atoms with van der Waals surface area (Å²) in [5, 5.41) is 21.1. The smallest absolute Gasteiger partial charge is 0.474 e. The monoisotopic (exact) mass is 625 g/mol. The van der Waals surface area contributed by atoms with Crippen molar-refractivity contribution in [2.24, 2.45) is 5.92 Å². The largest absolute Gasteiger partial charge is 0.509 e. The number of carboxylic acid groups (broad SMARTS) is 1. The number of thiazole rings is 1. The molecule has 42 heavy (non-hydrogen) atoms. The number of aliphatic hydroxyl groups is 1. The summed E-state index contributed by atoms with van der Waals surface area (Å²) in [5.74, 6) is -2.85. The van der Waals surface area contributed by atoms with Crippen LogP contribution in [0.5, 0.6) is 0 Å². The minimum Gasteiger partial charge on any atom is -0.474 e. The van der Waals surface area contributed by atoms with Gasteiger partial charge in [-0.25, -0.2) is 36.6 Å². The number of ether oxygens (including phenoxy) is 2. The lowest BCUT2D eigenvalue weighted by Gasteiger charge is -2.54. The van der Waals surface area contributed by atoms with Crippen molar-refractivity contribution < 1.29 is 47.0 Å². The van der Waals surface area contributed by atoms with Gasteiger partial charge in [-0.3, -0.25) is 4.40 Å². The van der Waals surface area contributed by atoms with Crippen molar-refractivity contribution in [2.45, 2.75) is 88.2 Å². The van der Waals surface area contributed by atoms with Crippen LogP contribution in [0.2, 0.25) is 0 Å². The third-order valence-electron chi connectivity index (χ3n) is 8.75. The Kier molecular flexibility index (Phi) is 7.80. The molecule has 0 bridgehead atoms. The number of imidazole rings is 1. The number of β-lactam (4-membered cyclic amide) rings is 1. The van der Waals surface area contributed by atoms with Crippen LogP contribution in [0.25, 0.3) is 10.4 Å². The number of sulfonamides is 1. The van der Waals surface area contributed by atoms with E-state index in [1.54, 1.807) is 6.92 Å². The summed E-state index contributed by atoms with van der Waals surface area (Å²) in [5.41, 5.74) is -1.89. The van der Waals surface area contributed by atoms with Crippen LogP contribution in [-0.2, 0) is 29.1 Å². The van der Waals surface area contributed by atoms with E-state index in [0.29, 0.717) is 24.1 Å². The Morgan fingerprint density at radius 2 is 1.95 bits per heavy atom. The molecule has 1 unspecified atom stereocenters. The number of quaternary nitrogens is 1. The molecule has 2 aromatic heterocycles. The number of carbonyl (C=O) groups is 3. The van der Waals surface area contributed by atoms with Crippen LogP contribution in [0.3, 0.4) is 0 Å². The Labute approximate surface area is 248 Å². The summed E-state index contributed by atoms with van der Waals surface area (Å²) < 4.78 is 39.6. The first-order valence-corrected chi connectivity index (χ1v) is 16.3. The molecule has 3 aliphatic rings. The van der Waals surface area contributed by atoms with Gasteiger partial charge in [0.1, 0.15) is 17.3 Å². The normalized spacial score (nSPS) is 29.1. The highest BCUT2D eigenvalue weighted by molar-refractivity contribution is 7.89. The fourth-order valence-electron chi connectivity index (χ4n) is 7.02. The minimum atomic E-state index is -3.94. The average Bonchev–Trinajstić information content (AvgIpc) is 3.53. The molecule has 1 amide bonds. The first-order chi connectivity index (χ1) is 19.7. The predicted molar refractivity (Wildman–Crippen MR) is 151 cm³/mol. The number of aromatic nitrogens is 2. The van der Waals surface area contributed by atoms with E-state index < -0.39 is 56.2 Å². The number of carbonyl (C=O) groups excluding carboxylic acids is 2. The average molecular weight is 626 g/mol. The zero-order valence-electron chi connectivity index (χ0n) is 24.3. The van der Waals surface area contributed by atoms with Gasteiger partial charge in [-0.15, -0.1) is 11.3 Å². The molecule has 4 heterocycles. The lowest BCUT2D eigenvalue weighted by Crippen LogP contribution is -2.79. The molecule has 1 aliphatic carbocycles. The van der Waals surface area contributed by atoms with Gasteiger partial charge in [-0.2, -0.15) is 0 Å². The second kappa shape index (κ2) is 10.7. The predicted octanol–water partition coefficient (Wildman–Crippen LogP) is 2.83. The van der Waals surface area contributed by atoms with E-state index in [2.05, 4.69) is 4.98 Å². The molecule has 13 nitrogen and oxygen atoms in total. The third kappa shape index (κ3) is 4.39. The topological polar surface area (TPSA) is 165 Å². The number of aliphatic hydroxyl groups excluding tert-OH is 1. The molecule has 2 aromatic rings. The second-order valence-electron chi connectivity index (χ2n) is 11.7. The van der Waals surface area contributed by atoms with Crippen LogP contribution in [-0.4, -0.2) is 99.3 Å². The maximum atomic E-state index is 13.8. The van der Waals surface area contributed by atoms with Crippen molar-refractivity contribution in [3.63, 3.8) is 0 Å². The summed E-state index contributed by atoms with van der Waals surface area (Å²) in [4.78, 5) is 44.8. The van der Waals surface area contributed by atoms with E-state index in [9.17, 15) is 33.0 Å². The standard InChI is InChI=1S/C27H36N4O9S2/c1-6-12-31-20(25(34)35)19(17-13-30-14-28-22(23(30)41-17)42(37,38)29(4)5)27(3,21(31)18(15(2)32)24(31)33)40-26(36)39-16-10-8-7-9-11-16/h13-16,18,21,32H,6-12H2,1-5H3/p+1/t15?,18-,21-,27+,31+/m1/s1. The number of rotatable bonds is 9. The first-order valence-electron chi connectivity index (χ1n) is 14.1. The molecule has 0 aromatic carbocycles. The van der Waals surface area contributed by atoms with Gasteiger partial charge in [0.05, 0.1) is 23.1 Å². The third-order valence-corrected chi connectivity index (χ3v) is 11.8. The molecule has 5 atom stereocenters. The lowest BCUT2D eigenvalue weighted by molar-refractivity contribution is -0.877. The molecule has 1 saturated heterocycles. The van der Waals surface area contributed by atoms with Gasteiger partial charge < -0.3 is 19.7 Å². The Morgan fingerprint density at radius 1 is 1.29 bits per heavy atom. The van der Waals surface area contributed by atoms with Crippen molar-refractivity contribution in [1.82, 2.24) is 13.7 Å². The molecule has 2 N–H and O–H groups in total. The van der Waals surface area contributed by atoms with E-state index in [0.717, 1.165) is 34.9 Å². The molecule has 0 spiro atoms. The van der Waals surface area contributed by atoms with E-state index in [-0.39, 0.29) is 33.8 Å². The van der Waals surface area contributed by atoms with Crippen molar-refractivity contribution in [2.75, 3.05) is 20.6 Å². The van der Waals surface area contributed by atoms with Crippen molar-refractivity contribution in [1.29, 1.82) is 0 Å². The minimum absolute atomic E-state index is 0.0763. The lowest BCUT2D eigenvalue weighted by atomic mass is 9.72. The second-order valence-corrected chi connectivity index (χ2v) is 14.8. The molecule has 2 fully saturated rings. The number of carboxylic acids is 1. The van der Waals surface area contributed by atoms with E-state index in [4.69, 9.17) is 9.47 Å². The number of amides is 1.